The number of hydrogen-bond acceptors (Lipinski definition) is 5. The molecule has 1 aliphatic rings. The van der Waals surface area contributed by atoms with Crippen molar-refractivity contribution in [2.75, 3.05) is 5.32 Å². The Morgan fingerprint density at radius 2 is 2.00 bits per heavy atom. The zero-order chi connectivity index (χ0) is 20.2. The summed E-state index contributed by atoms with van der Waals surface area (Å²) in [5, 5.41) is 14.5. The first-order valence-corrected chi connectivity index (χ1v) is 9.97. The Bertz CT molecular complexity index is 1120. The lowest BCUT2D eigenvalue weighted by Gasteiger charge is -2.07. The van der Waals surface area contributed by atoms with E-state index < -0.39 is 5.25 Å². The standard InChI is InChI=1S/C21H19N5O2S/c1-13-6-8-15(9-7-13)24-19(27)10-18-20(28)25-21(29-18)26-23-12-14-11-22-17-5-3-2-4-16(14)17/h2-9,11-12,18,22H,10H2,1H3,(H,24,27)(H,25,26,28)/b23-12+/t18-/m1/s1. The van der Waals surface area contributed by atoms with E-state index in [0.29, 0.717) is 10.9 Å². The molecule has 8 heteroatoms. The molecule has 2 amide bonds. The Labute approximate surface area is 171 Å². The number of nitrogens with one attached hydrogen (secondary N) is 3. The van der Waals surface area contributed by atoms with Crippen LogP contribution in [0.3, 0.4) is 0 Å². The molecule has 7 nitrogen and oxygen atoms in total. The number of fused-ring (bicyclic) bond motifs is 1. The summed E-state index contributed by atoms with van der Waals surface area (Å²) >= 11 is 1.21. The molecule has 0 saturated carbocycles. The Balaban J connectivity index is 1.35. The number of benzene rings is 2. The van der Waals surface area contributed by atoms with Crippen molar-refractivity contribution in [2.24, 2.45) is 10.2 Å². The molecule has 2 heterocycles. The van der Waals surface area contributed by atoms with Gasteiger partial charge >= 0.3 is 0 Å². The first-order chi connectivity index (χ1) is 14.1. The summed E-state index contributed by atoms with van der Waals surface area (Å²) in [4.78, 5) is 27.5. The second-order valence-corrected chi connectivity index (χ2v) is 7.84. The molecule has 1 aliphatic heterocycles. The predicted octanol–water partition coefficient (Wildman–Crippen LogP) is 3.43. The quantitative estimate of drug-likeness (QED) is 0.448. The van der Waals surface area contributed by atoms with Gasteiger partial charge in [-0.2, -0.15) is 5.10 Å². The number of carbonyl (C=O) groups is 2. The minimum absolute atomic E-state index is 0.0650. The smallest absolute Gasteiger partial charge is 0.240 e. The van der Waals surface area contributed by atoms with Crippen molar-refractivity contribution in [3.63, 3.8) is 0 Å². The first kappa shape index (κ1) is 18.9. The lowest BCUT2D eigenvalue weighted by atomic mass is 10.2. The van der Waals surface area contributed by atoms with Crippen LogP contribution in [0, 0.1) is 6.92 Å². The van der Waals surface area contributed by atoms with E-state index in [2.05, 4.69) is 25.8 Å². The van der Waals surface area contributed by atoms with Crippen molar-refractivity contribution in [2.45, 2.75) is 18.6 Å². The molecule has 1 atom stereocenters. The average molecular weight is 405 g/mol. The molecular weight excluding hydrogens is 386 g/mol. The minimum Gasteiger partial charge on any atom is -0.361 e. The number of carbonyl (C=O) groups excluding carboxylic acids is 2. The summed E-state index contributed by atoms with van der Waals surface area (Å²) in [6.07, 6.45) is 3.55. The van der Waals surface area contributed by atoms with Gasteiger partial charge in [0.05, 0.1) is 6.21 Å². The largest absolute Gasteiger partial charge is 0.361 e. The van der Waals surface area contributed by atoms with Gasteiger partial charge in [0.15, 0.2) is 5.17 Å². The maximum absolute atomic E-state index is 12.2. The molecule has 0 aliphatic carbocycles. The Morgan fingerprint density at radius 1 is 1.21 bits per heavy atom. The van der Waals surface area contributed by atoms with Crippen LogP contribution in [0.2, 0.25) is 0 Å². The number of H-pyrrole nitrogens is 1. The molecule has 1 aromatic heterocycles. The number of anilines is 1. The predicted molar refractivity (Wildman–Crippen MR) is 117 cm³/mol. The minimum atomic E-state index is -0.525. The van der Waals surface area contributed by atoms with Crippen LogP contribution in [-0.2, 0) is 9.59 Å². The monoisotopic (exact) mass is 405 g/mol. The number of amides is 2. The van der Waals surface area contributed by atoms with E-state index in [0.717, 1.165) is 22.0 Å². The van der Waals surface area contributed by atoms with Gasteiger partial charge in [-0.25, -0.2) is 0 Å². The number of hydrogen-bond donors (Lipinski definition) is 3. The van der Waals surface area contributed by atoms with Gasteiger partial charge in [0, 0.05) is 34.8 Å². The highest BCUT2D eigenvalue weighted by Gasteiger charge is 2.32. The van der Waals surface area contributed by atoms with Crippen molar-refractivity contribution in [1.82, 2.24) is 10.3 Å². The van der Waals surface area contributed by atoms with Crippen LogP contribution in [0.15, 0.2) is 64.9 Å². The van der Waals surface area contributed by atoms with Crippen LogP contribution in [0.5, 0.6) is 0 Å². The fourth-order valence-corrected chi connectivity index (χ4v) is 3.87. The summed E-state index contributed by atoms with van der Waals surface area (Å²) in [5.41, 5.74) is 3.75. The molecule has 0 unspecified atom stereocenters. The van der Waals surface area contributed by atoms with E-state index in [1.807, 2.05) is 61.7 Å². The third kappa shape index (κ3) is 4.55. The number of aryl methyl sites for hydroxylation is 1. The molecule has 0 spiro atoms. The van der Waals surface area contributed by atoms with E-state index in [4.69, 9.17) is 0 Å². The van der Waals surface area contributed by atoms with Gasteiger partial charge in [0.1, 0.15) is 5.25 Å². The summed E-state index contributed by atoms with van der Waals surface area (Å²) in [5.74, 6) is -0.458. The zero-order valence-corrected chi connectivity index (χ0v) is 16.5. The average Bonchev–Trinajstić information content (AvgIpc) is 3.27. The number of rotatable bonds is 5. The van der Waals surface area contributed by atoms with Crippen LogP contribution < -0.4 is 10.6 Å². The molecule has 4 rings (SSSR count). The van der Waals surface area contributed by atoms with Crippen LogP contribution in [0.1, 0.15) is 17.5 Å². The molecule has 1 fully saturated rings. The molecule has 1 saturated heterocycles. The highest BCUT2D eigenvalue weighted by atomic mass is 32.2. The molecule has 146 valence electrons. The van der Waals surface area contributed by atoms with Crippen molar-refractivity contribution in [3.05, 3.63) is 65.9 Å². The second-order valence-electron chi connectivity index (χ2n) is 6.65. The third-order valence-corrected chi connectivity index (χ3v) is 5.52. The highest BCUT2D eigenvalue weighted by Crippen LogP contribution is 2.23. The van der Waals surface area contributed by atoms with Gasteiger partial charge < -0.3 is 15.6 Å². The van der Waals surface area contributed by atoms with Crippen molar-refractivity contribution in [3.8, 4) is 0 Å². The highest BCUT2D eigenvalue weighted by molar-refractivity contribution is 8.15. The van der Waals surface area contributed by atoms with E-state index in [-0.39, 0.29) is 18.2 Å². The lowest BCUT2D eigenvalue weighted by Crippen LogP contribution is -2.28. The number of para-hydroxylation sites is 1. The normalized spacial score (nSPS) is 17.9. The summed E-state index contributed by atoms with van der Waals surface area (Å²) in [6, 6.07) is 15.4. The summed E-state index contributed by atoms with van der Waals surface area (Å²) in [7, 11) is 0. The first-order valence-electron chi connectivity index (χ1n) is 9.10. The maximum Gasteiger partial charge on any atom is 0.240 e. The van der Waals surface area contributed by atoms with E-state index in [1.165, 1.54) is 11.8 Å². The maximum atomic E-state index is 12.2. The Hall–Kier alpha value is -3.39. The fourth-order valence-electron chi connectivity index (χ4n) is 2.95. The summed E-state index contributed by atoms with van der Waals surface area (Å²) < 4.78 is 0. The van der Waals surface area contributed by atoms with Crippen LogP contribution >= 0.6 is 11.8 Å². The fraction of sp³-hybridized carbons (Fsp3) is 0.143. The molecule has 0 radical (unpaired) electrons. The number of thioether (sulfide) groups is 1. The van der Waals surface area contributed by atoms with Gasteiger partial charge in [-0.1, -0.05) is 47.7 Å². The number of nitrogens with zero attached hydrogens (tertiary/aromatic N) is 2. The van der Waals surface area contributed by atoms with E-state index in [1.54, 1.807) is 6.21 Å². The number of amidine groups is 1. The molecule has 3 aromatic rings. The molecule has 29 heavy (non-hydrogen) atoms. The number of aromatic amines is 1. The van der Waals surface area contributed by atoms with Gasteiger partial charge in [0.25, 0.3) is 0 Å². The molecule has 0 bridgehead atoms. The van der Waals surface area contributed by atoms with Crippen molar-refractivity contribution < 1.29 is 9.59 Å². The molecule has 3 N–H and O–H groups in total. The van der Waals surface area contributed by atoms with Crippen molar-refractivity contribution in [1.29, 1.82) is 0 Å². The van der Waals surface area contributed by atoms with Crippen LogP contribution in [-0.4, -0.2) is 33.4 Å². The molecule has 2 aromatic carbocycles. The summed E-state index contributed by atoms with van der Waals surface area (Å²) in [6.45, 7) is 1.98. The molecular formula is C21H19N5O2S. The topological polar surface area (TPSA) is 98.7 Å². The Kier molecular flexibility index (Phi) is 5.44. The van der Waals surface area contributed by atoms with E-state index >= 15 is 0 Å². The van der Waals surface area contributed by atoms with Crippen LogP contribution in [0.4, 0.5) is 5.69 Å². The lowest BCUT2D eigenvalue weighted by molar-refractivity contribution is -0.122. The third-order valence-electron chi connectivity index (χ3n) is 4.45. The Morgan fingerprint density at radius 3 is 2.83 bits per heavy atom. The van der Waals surface area contributed by atoms with Gasteiger partial charge in [0.2, 0.25) is 11.8 Å². The second kappa shape index (κ2) is 8.32. The van der Waals surface area contributed by atoms with Gasteiger partial charge in [-0.3, -0.25) is 9.59 Å². The zero-order valence-electron chi connectivity index (χ0n) is 15.7. The SMILES string of the molecule is Cc1ccc(NC(=O)C[C@H]2S/C(=N/N=C/c3c[nH]c4ccccc34)NC2=O)cc1. The van der Waals surface area contributed by atoms with Gasteiger partial charge in [-0.15, -0.1) is 5.10 Å². The van der Waals surface area contributed by atoms with Crippen molar-refractivity contribution >= 4 is 51.5 Å². The van der Waals surface area contributed by atoms with E-state index in [9.17, 15) is 9.59 Å². The number of aromatic nitrogens is 1. The van der Waals surface area contributed by atoms with Crippen LogP contribution in [0.25, 0.3) is 10.9 Å². The van der Waals surface area contributed by atoms with Gasteiger partial charge in [-0.05, 0) is 25.1 Å².